The van der Waals surface area contributed by atoms with E-state index in [2.05, 4.69) is 181 Å². The van der Waals surface area contributed by atoms with Gasteiger partial charge in [-0.25, -0.2) is 0 Å². The first-order chi connectivity index (χ1) is 25.3. The topological polar surface area (TPSA) is 16.4 Å². The van der Waals surface area contributed by atoms with Gasteiger partial charge < -0.3 is 9.32 Å². The number of fused-ring (bicyclic) bond motifs is 6. The Morgan fingerprint density at radius 2 is 1.00 bits per heavy atom. The highest BCUT2D eigenvalue weighted by Gasteiger charge is 2.23. The molecule has 2 aromatic heterocycles. The van der Waals surface area contributed by atoms with Crippen molar-refractivity contribution in [1.82, 2.24) is 0 Å². The number of furan rings is 1. The lowest BCUT2D eigenvalue weighted by Gasteiger charge is -2.29. The molecule has 10 aromatic rings. The molecular formula is C48H31NOS. The lowest BCUT2D eigenvalue weighted by atomic mass is 9.98. The largest absolute Gasteiger partial charge is 0.456 e. The second-order valence-corrected chi connectivity index (χ2v) is 14.0. The Bertz CT molecular complexity index is 2850. The maximum absolute atomic E-state index is 6.13. The first kappa shape index (κ1) is 29.5. The minimum absolute atomic E-state index is 0.908. The first-order valence-electron chi connectivity index (χ1n) is 17.3. The average Bonchev–Trinajstić information content (AvgIpc) is 3.77. The van der Waals surface area contributed by atoms with Gasteiger partial charge in [0.15, 0.2) is 0 Å². The molecule has 0 unspecified atom stereocenters. The Balaban J connectivity index is 1.20. The number of para-hydroxylation sites is 1. The van der Waals surface area contributed by atoms with Crippen molar-refractivity contribution in [3.05, 3.63) is 188 Å². The van der Waals surface area contributed by atoms with Crippen molar-refractivity contribution < 1.29 is 4.42 Å². The number of rotatable bonds is 6. The van der Waals surface area contributed by atoms with Crippen LogP contribution in [0.4, 0.5) is 17.1 Å². The zero-order valence-corrected chi connectivity index (χ0v) is 28.5. The van der Waals surface area contributed by atoms with Crippen molar-refractivity contribution in [3.63, 3.8) is 0 Å². The van der Waals surface area contributed by atoms with Crippen LogP contribution in [-0.4, -0.2) is 0 Å². The fourth-order valence-electron chi connectivity index (χ4n) is 7.42. The molecule has 2 heterocycles. The maximum atomic E-state index is 6.13. The van der Waals surface area contributed by atoms with E-state index in [0.29, 0.717) is 0 Å². The van der Waals surface area contributed by atoms with Crippen LogP contribution >= 0.6 is 11.3 Å². The van der Waals surface area contributed by atoms with Gasteiger partial charge in [0, 0.05) is 43.2 Å². The van der Waals surface area contributed by atoms with E-state index in [9.17, 15) is 0 Å². The molecule has 0 aliphatic rings. The van der Waals surface area contributed by atoms with Crippen molar-refractivity contribution in [2.24, 2.45) is 0 Å². The molecule has 0 fully saturated rings. The minimum atomic E-state index is 0.908. The molecule has 240 valence electrons. The predicted molar refractivity (Wildman–Crippen MR) is 218 cm³/mol. The molecule has 0 radical (unpaired) electrons. The van der Waals surface area contributed by atoms with E-state index in [0.717, 1.165) is 44.4 Å². The molecule has 0 aliphatic heterocycles. The van der Waals surface area contributed by atoms with Crippen molar-refractivity contribution in [2.75, 3.05) is 4.90 Å². The molecule has 0 saturated carbocycles. The third kappa shape index (κ3) is 5.10. The Kier molecular flexibility index (Phi) is 7.04. The molecule has 0 spiro atoms. The van der Waals surface area contributed by atoms with E-state index in [4.69, 9.17) is 4.42 Å². The third-order valence-corrected chi connectivity index (χ3v) is 11.1. The zero-order valence-electron chi connectivity index (χ0n) is 27.7. The van der Waals surface area contributed by atoms with Gasteiger partial charge in [-0.3, -0.25) is 0 Å². The first-order valence-corrected chi connectivity index (χ1v) is 18.1. The van der Waals surface area contributed by atoms with E-state index < -0.39 is 0 Å². The van der Waals surface area contributed by atoms with Crippen LogP contribution in [0.15, 0.2) is 192 Å². The van der Waals surface area contributed by atoms with E-state index in [1.54, 1.807) is 0 Å². The van der Waals surface area contributed by atoms with Gasteiger partial charge in [-0.2, -0.15) is 0 Å². The van der Waals surface area contributed by atoms with Crippen molar-refractivity contribution >= 4 is 70.5 Å². The standard InChI is InChI=1S/C48H31NOS/c1-3-12-32(13-4-1)35-16-11-17-38(30-35)49(37-25-22-33(23-26-37)36-24-29-45-43(31-36)40-18-7-9-20-44(40)50-45)47-39(34-14-5-2-6-15-34)27-28-42-41-19-8-10-21-46(41)51-48(42)47/h1-31H. The number of benzene rings is 8. The number of nitrogens with zero attached hydrogens (tertiary/aromatic N) is 1. The summed E-state index contributed by atoms with van der Waals surface area (Å²) in [6.45, 7) is 0. The van der Waals surface area contributed by atoms with E-state index in [1.165, 1.54) is 48.1 Å². The van der Waals surface area contributed by atoms with E-state index >= 15 is 0 Å². The molecule has 0 aliphatic carbocycles. The molecule has 51 heavy (non-hydrogen) atoms. The number of anilines is 3. The van der Waals surface area contributed by atoms with Crippen LogP contribution in [0.2, 0.25) is 0 Å². The summed E-state index contributed by atoms with van der Waals surface area (Å²) in [4.78, 5) is 2.46. The van der Waals surface area contributed by atoms with Crippen LogP contribution < -0.4 is 4.90 Å². The number of thiophene rings is 1. The molecule has 3 heteroatoms. The van der Waals surface area contributed by atoms with Crippen LogP contribution in [0.1, 0.15) is 0 Å². The van der Waals surface area contributed by atoms with Crippen molar-refractivity contribution in [2.45, 2.75) is 0 Å². The monoisotopic (exact) mass is 669 g/mol. The summed E-state index contributed by atoms with van der Waals surface area (Å²) in [6, 6.07) is 67.5. The van der Waals surface area contributed by atoms with Gasteiger partial charge in [-0.15, -0.1) is 11.3 Å². The van der Waals surface area contributed by atoms with Crippen LogP contribution in [0.25, 0.3) is 75.5 Å². The Labute approximate surface area is 300 Å². The smallest absolute Gasteiger partial charge is 0.135 e. The SMILES string of the molecule is c1ccc(-c2cccc(N(c3ccc(-c4ccc5oc6ccccc6c5c4)cc3)c3c(-c4ccccc4)ccc4c3sc3ccccc34)c2)cc1. The van der Waals surface area contributed by atoms with E-state index in [1.807, 2.05) is 23.5 Å². The summed E-state index contributed by atoms with van der Waals surface area (Å²) >= 11 is 1.87. The summed E-state index contributed by atoms with van der Waals surface area (Å²) in [5, 5.41) is 4.83. The second-order valence-electron chi connectivity index (χ2n) is 12.9. The quantitative estimate of drug-likeness (QED) is 0.175. The second kappa shape index (κ2) is 12.2. The Morgan fingerprint density at radius 1 is 0.373 bits per heavy atom. The molecule has 10 rings (SSSR count). The van der Waals surface area contributed by atoms with Gasteiger partial charge in [0.25, 0.3) is 0 Å². The van der Waals surface area contributed by atoms with Crippen LogP contribution in [0.3, 0.4) is 0 Å². The molecule has 0 saturated heterocycles. The highest BCUT2D eigenvalue weighted by atomic mass is 32.1. The van der Waals surface area contributed by atoms with Gasteiger partial charge in [0.2, 0.25) is 0 Å². The van der Waals surface area contributed by atoms with Crippen LogP contribution in [0, 0.1) is 0 Å². The zero-order chi connectivity index (χ0) is 33.7. The van der Waals surface area contributed by atoms with Gasteiger partial charge in [0.1, 0.15) is 11.2 Å². The Morgan fingerprint density at radius 3 is 1.82 bits per heavy atom. The fourth-order valence-corrected chi connectivity index (χ4v) is 8.66. The normalized spacial score (nSPS) is 11.5. The molecular weight excluding hydrogens is 639 g/mol. The van der Waals surface area contributed by atoms with Gasteiger partial charge in [-0.1, -0.05) is 140 Å². The highest BCUT2D eigenvalue weighted by Crippen LogP contribution is 2.50. The third-order valence-electron chi connectivity index (χ3n) is 9.88. The predicted octanol–water partition coefficient (Wildman–Crippen LogP) is 14.4. The van der Waals surface area contributed by atoms with Gasteiger partial charge in [0.05, 0.1) is 10.4 Å². The van der Waals surface area contributed by atoms with Crippen molar-refractivity contribution in [1.29, 1.82) is 0 Å². The molecule has 0 atom stereocenters. The summed E-state index contributed by atoms with van der Waals surface area (Å²) in [6.07, 6.45) is 0. The molecule has 2 nitrogen and oxygen atoms in total. The highest BCUT2D eigenvalue weighted by molar-refractivity contribution is 7.26. The van der Waals surface area contributed by atoms with Gasteiger partial charge in [-0.05, 0) is 76.3 Å². The average molecular weight is 670 g/mol. The number of hydrogen-bond acceptors (Lipinski definition) is 3. The number of hydrogen-bond donors (Lipinski definition) is 0. The Hall–Kier alpha value is -6.42. The minimum Gasteiger partial charge on any atom is -0.456 e. The van der Waals surface area contributed by atoms with Crippen LogP contribution in [0.5, 0.6) is 0 Å². The summed E-state index contributed by atoms with van der Waals surface area (Å²) < 4.78 is 8.69. The van der Waals surface area contributed by atoms with E-state index in [-0.39, 0.29) is 0 Å². The van der Waals surface area contributed by atoms with Gasteiger partial charge >= 0.3 is 0 Å². The summed E-state index contributed by atoms with van der Waals surface area (Å²) in [5.74, 6) is 0. The molecule has 0 amide bonds. The maximum Gasteiger partial charge on any atom is 0.135 e. The van der Waals surface area contributed by atoms with Crippen molar-refractivity contribution in [3.8, 4) is 33.4 Å². The molecule has 0 bridgehead atoms. The summed E-state index contributed by atoms with van der Waals surface area (Å²) in [7, 11) is 0. The fraction of sp³-hybridized carbons (Fsp3) is 0. The summed E-state index contributed by atoms with van der Waals surface area (Å²) in [5.41, 5.74) is 12.3. The molecule has 0 N–H and O–H groups in total. The lowest BCUT2D eigenvalue weighted by Crippen LogP contribution is -2.11. The molecule has 8 aromatic carbocycles. The lowest BCUT2D eigenvalue weighted by molar-refractivity contribution is 0.669. The van der Waals surface area contributed by atoms with Crippen LogP contribution in [-0.2, 0) is 0 Å².